The Morgan fingerprint density at radius 1 is 1.38 bits per heavy atom. The quantitative estimate of drug-likeness (QED) is 0.420. The molecule has 0 heterocycles. The van der Waals surface area contributed by atoms with Crippen LogP contribution in [0.15, 0.2) is 51.3 Å². The molecule has 0 aliphatic heterocycles. The molecular formula is C11H14IN. The van der Waals surface area contributed by atoms with Crippen molar-refractivity contribution in [3.05, 3.63) is 48.1 Å². The summed E-state index contributed by atoms with van der Waals surface area (Å²) >= 11 is 1.92. The molecule has 0 radical (unpaired) electrons. The SMILES string of the molecule is C=C(C=NI)C(=C)/C(C)=C/C=C\C. The summed E-state index contributed by atoms with van der Waals surface area (Å²) in [4.78, 5) is 0. The van der Waals surface area contributed by atoms with E-state index in [-0.39, 0.29) is 0 Å². The van der Waals surface area contributed by atoms with E-state index in [2.05, 4.69) is 16.4 Å². The zero-order valence-corrected chi connectivity index (χ0v) is 10.2. The monoisotopic (exact) mass is 287 g/mol. The van der Waals surface area contributed by atoms with Crippen molar-refractivity contribution in [3.63, 3.8) is 0 Å². The van der Waals surface area contributed by atoms with E-state index in [9.17, 15) is 0 Å². The first-order chi connectivity index (χ1) is 6.13. The van der Waals surface area contributed by atoms with E-state index in [1.165, 1.54) is 0 Å². The van der Waals surface area contributed by atoms with Crippen LogP contribution in [0.25, 0.3) is 0 Å². The van der Waals surface area contributed by atoms with Crippen molar-refractivity contribution in [1.82, 2.24) is 0 Å². The molecule has 0 spiro atoms. The van der Waals surface area contributed by atoms with E-state index in [1.807, 2.05) is 54.9 Å². The van der Waals surface area contributed by atoms with Crippen LogP contribution >= 0.6 is 22.9 Å². The molecule has 0 aromatic rings. The van der Waals surface area contributed by atoms with Crippen molar-refractivity contribution < 1.29 is 0 Å². The van der Waals surface area contributed by atoms with Crippen LogP contribution in [0.3, 0.4) is 0 Å². The van der Waals surface area contributed by atoms with Crippen molar-refractivity contribution in [3.8, 4) is 0 Å². The molecule has 0 fully saturated rings. The molecule has 0 aromatic heterocycles. The Morgan fingerprint density at radius 3 is 2.46 bits per heavy atom. The van der Waals surface area contributed by atoms with Crippen LogP contribution < -0.4 is 0 Å². The second kappa shape index (κ2) is 6.83. The van der Waals surface area contributed by atoms with Gasteiger partial charge in [0.15, 0.2) is 0 Å². The van der Waals surface area contributed by atoms with Gasteiger partial charge in [0.05, 0.1) is 22.9 Å². The minimum Gasteiger partial charge on any atom is -0.223 e. The number of hydrogen-bond donors (Lipinski definition) is 0. The normalized spacial score (nSPS) is 12.7. The fourth-order valence-electron chi connectivity index (χ4n) is 0.731. The van der Waals surface area contributed by atoms with Gasteiger partial charge in [-0.1, -0.05) is 31.4 Å². The van der Waals surface area contributed by atoms with Gasteiger partial charge < -0.3 is 0 Å². The first kappa shape index (κ1) is 12.4. The summed E-state index contributed by atoms with van der Waals surface area (Å²) in [5.74, 6) is 0. The van der Waals surface area contributed by atoms with Crippen LogP contribution in [0.5, 0.6) is 0 Å². The topological polar surface area (TPSA) is 12.4 Å². The maximum Gasteiger partial charge on any atom is 0.0831 e. The van der Waals surface area contributed by atoms with Crippen molar-refractivity contribution in [2.24, 2.45) is 3.21 Å². The first-order valence-corrected chi connectivity index (χ1v) is 4.92. The van der Waals surface area contributed by atoms with Crippen molar-refractivity contribution in [2.75, 3.05) is 0 Å². The van der Waals surface area contributed by atoms with Crippen LogP contribution in [-0.2, 0) is 0 Å². The summed E-state index contributed by atoms with van der Waals surface area (Å²) in [6.07, 6.45) is 7.67. The summed E-state index contributed by atoms with van der Waals surface area (Å²) in [6.45, 7) is 11.8. The van der Waals surface area contributed by atoms with Gasteiger partial charge in [-0.05, 0) is 30.6 Å². The predicted octanol–water partition coefficient (Wildman–Crippen LogP) is 4.04. The molecule has 13 heavy (non-hydrogen) atoms. The maximum absolute atomic E-state index is 3.93. The maximum atomic E-state index is 3.93. The van der Waals surface area contributed by atoms with Crippen molar-refractivity contribution in [2.45, 2.75) is 13.8 Å². The number of nitrogens with zero attached hydrogens (tertiary/aromatic N) is 1. The lowest BCUT2D eigenvalue weighted by atomic mass is 10.0. The molecule has 0 unspecified atom stereocenters. The van der Waals surface area contributed by atoms with Crippen LogP contribution in [-0.4, -0.2) is 6.21 Å². The minimum absolute atomic E-state index is 0.854. The molecule has 0 aromatic carbocycles. The van der Waals surface area contributed by atoms with E-state index >= 15 is 0 Å². The summed E-state index contributed by atoms with van der Waals surface area (Å²) < 4.78 is 3.86. The molecule has 0 rings (SSSR count). The van der Waals surface area contributed by atoms with Gasteiger partial charge in [0.25, 0.3) is 0 Å². The van der Waals surface area contributed by atoms with Gasteiger partial charge in [-0.25, -0.2) is 3.21 Å². The lowest BCUT2D eigenvalue weighted by Gasteiger charge is -2.03. The Balaban J connectivity index is 4.51. The second-order valence-corrected chi connectivity index (χ2v) is 3.16. The largest absolute Gasteiger partial charge is 0.223 e. The molecule has 0 aliphatic carbocycles. The second-order valence-electron chi connectivity index (χ2n) is 2.61. The zero-order chi connectivity index (χ0) is 10.3. The number of halogens is 1. The highest BCUT2D eigenvalue weighted by molar-refractivity contribution is 14.1. The Labute approximate surface area is 94.1 Å². The summed E-state index contributed by atoms with van der Waals surface area (Å²) in [7, 11) is 0. The fraction of sp³-hybridized carbons (Fsp3) is 0.182. The van der Waals surface area contributed by atoms with Gasteiger partial charge in [-0.15, -0.1) is 0 Å². The third-order valence-electron chi connectivity index (χ3n) is 1.61. The van der Waals surface area contributed by atoms with Crippen LogP contribution in [0, 0.1) is 0 Å². The van der Waals surface area contributed by atoms with Crippen LogP contribution in [0.2, 0.25) is 0 Å². The number of allylic oxidation sites excluding steroid dienone is 6. The predicted molar refractivity (Wildman–Crippen MR) is 69.4 cm³/mol. The molecular weight excluding hydrogens is 273 g/mol. The van der Waals surface area contributed by atoms with Gasteiger partial charge in [0, 0.05) is 6.21 Å². The van der Waals surface area contributed by atoms with Gasteiger partial charge >= 0.3 is 0 Å². The lowest BCUT2D eigenvalue weighted by molar-refractivity contribution is 1.42. The van der Waals surface area contributed by atoms with E-state index < -0.39 is 0 Å². The highest BCUT2D eigenvalue weighted by atomic mass is 127. The zero-order valence-electron chi connectivity index (χ0n) is 8.05. The van der Waals surface area contributed by atoms with Crippen molar-refractivity contribution in [1.29, 1.82) is 0 Å². The Morgan fingerprint density at radius 2 is 2.00 bits per heavy atom. The average Bonchev–Trinajstić information content (AvgIpc) is 2.13. The van der Waals surface area contributed by atoms with Gasteiger partial charge in [-0.3, -0.25) is 0 Å². The standard InChI is InChI=1S/C11H14IN/c1-5-6-7-9(2)11(4)10(3)8-13-12/h5-8H,3-4H2,1-2H3/b6-5-,9-7+,13-8?. The van der Waals surface area contributed by atoms with Crippen molar-refractivity contribution >= 4 is 29.1 Å². The molecule has 0 atom stereocenters. The summed E-state index contributed by atoms with van der Waals surface area (Å²) in [5, 5.41) is 0. The molecule has 0 amide bonds. The molecule has 2 heteroatoms. The third-order valence-corrected chi connectivity index (χ3v) is 1.89. The lowest BCUT2D eigenvalue weighted by Crippen LogP contribution is -1.88. The number of hydrogen-bond acceptors (Lipinski definition) is 1. The first-order valence-electron chi connectivity index (χ1n) is 3.96. The highest BCUT2D eigenvalue weighted by Gasteiger charge is 1.97. The third kappa shape index (κ3) is 4.83. The van der Waals surface area contributed by atoms with E-state index in [0.29, 0.717) is 0 Å². The van der Waals surface area contributed by atoms with E-state index in [1.54, 1.807) is 6.21 Å². The number of rotatable bonds is 4. The van der Waals surface area contributed by atoms with E-state index in [4.69, 9.17) is 0 Å². The molecule has 1 nitrogen and oxygen atoms in total. The summed E-state index contributed by atoms with van der Waals surface area (Å²) in [6, 6.07) is 0. The molecule has 0 saturated heterocycles. The average molecular weight is 287 g/mol. The summed E-state index contributed by atoms with van der Waals surface area (Å²) in [5.41, 5.74) is 2.89. The molecule has 0 N–H and O–H groups in total. The molecule has 0 aliphatic rings. The molecule has 70 valence electrons. The van der Waals surface area contributed by atoms with Gasteiger partial charge in [0.2, 0.25) is 0 Å². The molecule has 0 bridgehead atoms. The van der Waals surface area contributed by atoms with Gasteiger partial charge in [0.1, 0.15) is 0 Å². The Kier molecular flexibility index (Phi) is 6.49. The highest BCUT2D eigenvalue weighted by Crippen LogP contribution is 2.14. The molecule has 0 saturated carbocycles. The van der Waals surface area contributed by atoms with Crippen LogP contribution in [0.1, 0.15) is 13.8 Å². The van der Waals surface area contributed by atoms with E-state index in [0.717, 1.165) is 16.7 Å². The van der Waals surface area contributed by atoms with Crippen LogP contribution in [0.4, 0.5) is 0 Å². The Bertz CT molecular complexity index is 282. The minimum atomic E-state index is 0.854. The van der Waals surface area contributed by atoms with Gasteiger partial charge in [-0.2, -0.15) is 0 Å². The Hall–Kier alpha value is -0.640. The smallest absolute Gasteiger partial charge is 0.0831 e. The fourth-order valence-corrected chi connectivity index (χ4v) is 1.07.